The summed E-state index contributed by atoms with van der Waals surface area (Å²) in [5, 5.41) is 18.1. The Hall–Kier alpha value is -4.39. The normalized spacial score (nSPS) is 11.0. The fourth-order valence-corrected chi connectivity index (χ4v) is 3.52. The van der Waals surface area contributed by atoms with Crippen LogP contribution in [-0.2, 0) is 0 Å². The Balaban J connectivity index is 1.60. The molecule has 0 spiro atoms. The number of nitrogens with two attached hydrogens (primary N) is 1. The van der Waals surface area contributed by atoms with Crippen LogP contribution in [0.25, 0.3) is 44.7 Å². The van der Waals surface area contributed by atoms with E-state index < -0.39 is 5.91 Å². The van der Waals surface area contributed by atoms with Crippen molar-refractivity contribution in [2.24, 2.45) is 5.73 Å². The largest absolute Gasteiger partial charge is 0.366 e. The Kier molecular flexibility index (Phi) is 4.48. The van der Waals surface area contributed by atoms with Crippen molar-refractivity contribution in [1.82, 2.24) is 20.4 Å². The van der Waals surface area contributed by atoms with Crippen molar-refractivity contribution in [1.29, 1.82) is 0 Å². The Morgan fingerprint density at radius 3 is 2.10 bits per heavy atom. The summed E-state index contributed by atoms with van der Waals surface area (Å²) in [4.78, 5) is 11.4. The van der Waals surface area contributed by atoms with Gasteiger partial charge in [-0.05, 0) is 42.5 Å². The van der Waals surface area contributed by atoms with E-state index in [2.05, 4.69) is 20.4 Å². The highest BCUT2D eigenvalue weighted by Gasteiger charge is 2.15. The third-order valence-corrected chi connectivity index (χ3v) is 5.10. The number of carbonyl (C=O) groups is 1. The number of aromatic nitrogens is 4. The summed E-state index contributed by atoms with van der Waals surface area (Å²) in [5.41, 5.74) is 10.2. The lowest BCUT2D eigenvalue weighted by Gasteiger charge is -2.08. The number of nitrogens with zero attached hydrogens (tertiary/aromatic N) is 3. The Morgan fingerprint density at radius 1 is 0.806 bits per heavy atom. The summed E-state index contributed by atoms with van der Waals surface area (Å²) >= 11 is 0. The number of rotatable bonds is 4. The summed E-state index contributed by atoms with van der Waals surface area (Å²) in [6, 6.07) is 22.8. The molecular weight excluding hydrogens is 393 g/mol. The molecule has 0 atom stereocenters. The average Bonchev–Trinajstić information content (AvgIpc) is 3.29. The highest BCUT2D eigenvalue weighted by Crippen LogP contribution is 2.32. The number of hydrogen-bond donors (Lipinski definition) is 2. The molecule has 0 saturated carbocycles. The molecule has 31 heavy (non-hydrogen) atoms. The molecule has 150 valence electrons. The molecular formula is C24H16FN5O. The lowest BCUT2D eigenvalue weighted by molar-refractivity contribution is 0.100. The first-order chi connectivity index (χ1) is 15.1. The number of primary amides is 1. The van der Waals surface area contributed by atoms with Crippen LogP contribution in [0.5, 0.6) is 0 Å². The van der Waals surface area contributed by atoms with Gasteiger partial charge < -0.3 is 5.73 Å². The van der Waals surface area contributed by atoms with Gasteiger partial charge in [-0.1, -0.05) is 36.4 Å². The number of hydrogen-bond acceptors (Lipinski definition) is 4. The van der Waals surface area contributed by atoms with Crippen molar-refractivity contribution < 1.29 is 9.18 Å². The molecule has 3 aromatic carbocycles. The molecule has 0 fully saturated rings. The number of fused-ring (bicyclic) bond motifs is 1. The zero-order chi connectivity index (χ0) is 21.4. The van der Waals surface area contributed by atoms with Crippen LogP contribution in [-0.4, -0.2) is 26.3 Å². The van der Waals surface area contributed by atoms with Gasteiger partial charge in [0.25, 0.3) is 0 Å². The number of aromatic amines is 1. The van der Waals surface area contributed by atoms with E-state index in [-0.39, 0.29) is 5.82 Å². The molecule has 1 amide bonds. The smallest absolute Gasteiger partial charge is 0.248 e. The quantitative estimate of drug-likeness (QED) is 0.454. The molecule has 0 bridgehead atoms. The van der Waals surface area contributed by atoms with Crippen molar-refractivity contribution in [3.8, 4) is 33.9 Å². The number of benzene rings is 3. The van der Waals surface area contributed by atoms with Gasteiger partial charge in [0.1, 0.15) is 17.2 Å². The lowest BCUT2D eigenvalue weighted by atomic mass is 10.0. The summed E-state index contributed by atoms with van der Waals surface area (Å²) in [5.74, 6) is -0.773. The van der Waals surface area contributed by atoms with Gasteiger partial charge >= 0.3 is 0 Å². The Morgan fingerprint density at radius 2 is 1.42 bits per heavy atom. The van der Waals surface area contributed by atoms with Crippen LogP contribution in [0.2, 0.25) is 0 Å². The number of H-pyrrole nitrogens is 1. The van der Waals surface area contributed by atoms with Crippen LogP contribution in [0.4, 0.5) is 4.39 Å². The van der Waals surface area contributed by atoms with Crippen LogP contribution in [0, 0.1) is 5.82 Å². The molecule has 2 heterocycles. The maximum absolute atomic E-state index is 13.2. The molecule has 0 aliphatic heterocycles. The second-order valence-electron chi connectivity index (χ2n) is 7.06. The molecule has 5 aromatic rings. The monoisotopic (exact) mass is 409 g/mol. The second kappa shape index (κ2) is 7.46. The van der Waals surface area contributed by atoms with E-state index in [1.807, 2.05) is 30.3 Å². The molecule has 3 N–H and O–H groups in total. The van der Waals surface area contributed by atoms with Gasteiger partial charge in [0.2, 0.25) is 5.91 Å². The van der Waals surface area contributed by atoms with Crippen LogP contribution < -0.4 is 5.73 Å². The molecule has 5 rings (SSSR count). The van der Waals surface area contributed by atoms with Gasteiger partial charge in [-0.25, -0.2) is 4.39 Å². The SMILES string of the molecule is NC(=O)c1ccc(-c2nnc(-c3cc(-c4ccc(F)cc4)n[nH]3)c3ccccc23)cc1. The summed E-state index contributed by atoms with van der Waals surface area (Å²) in [6.45, 7) is 0. The van der Waals surface area contributed by atoms with E-state index in [0.29, 0.717) is 28.3 Å². The van der Waals surface area contributed by atoms with Crippen LogP contribution in [0.1, 0.15) is 10.4 Å². The molecule has 0 aliphatic rings. The topological polar surface area (TPSA) is 97.6 Å². The van der Waals surface area contributed by atoms with Crippen LogP contribution >= 0.6 is 0 Å². The molecule has 7 heteroatoms. The summed E-state index contributed by atoms with van der Waals surface area (Å²) in [6.07, 6.45) is 0. The van der Waals surface area contributed by atoms with Crippen LogP contribution in [0.3, 0.4) is 0 Å². The van der Waals surface area contributed by atoms with E-state index in [1.165, 1.54) is 12.1 Å². The third-order valence-electron chi connectivity index (χ3n) is 5.10. The number of amides is 1. The molecule has 0 saturated heterocycles. The van der Waals surface area contributed by atoms with E-state index in [1.54, 1.807) is 36.4 Å². The van der Waals surface area contributed by atoms with E-state index >= 15 is 0 Å². The van der Waals surface area contributed by atoms with E-state index in [9.17, 15) is 9.18 Å². The first-order valence-corrected chi connectivity index (χ1v) is 9.57. The van der Waals surface area contributed by atoms with Crippen molar-refractivity contribution in [2.75, 3.05) is 0 Å². The highest BCUT2D eigenvalue weighted by atomic mass is 19.1. The Bertz CT molecular complexity index is 1410. The van der Waals surface area contributed by atoms with E-state index in [4.69, 9.17) is 5.73 Å². The van der Waals surface area contributed by atoms with Gasteiger partial charge in [-0.15, -0.1) is 10.2 Å². The standard InChI is InChI=1S/C24H16FN5O/c25-17-11-9-14(10-12-17)20-13-21(28-27-20)23-19-4-2-1-3-18(19)22(29-30-23)15-5-7-16(8-6-15)24(26)31/h1-13H,(H2,26,31)(H,27,28). The minimum Gasteiger partial charge on any atom is -0.366 e. The number of carbonyl (C=O) groups excluding carboxylic acids is 1. The van der Waals surface area contributed by atoms with Crippen molar-refractivity contribution >= 4 is 16.7 Å². The third kappa shape index (κ3) is 3.42. The van der Waals surface area contributed by atoms with Gasteiger partial charge in [-0.2, -0.15) is 5.10 Å². The first-order valence-electron chi connectivity index (χ1n) is 9.57. The van der Waals surface area contributed by atoms with Gasteiger partial charge in [0, 0.05) is 27.5 Å². The maximum Gasteiger partial charge on any atom is 0.248 e. The zero-order valence-corrected chi connectivity index (χ0v) is 16.2. The average molecular weight is 409 g/mol. The number of halogens is 1. The summed E-state index contributed by atoms with van der Waals surface area (Å²) in [7, 11) is 0. The van der Waals surface area contributed by atoms with E-state index in [0.717, 1.165) is 21.9 Å². The zero-order valence-electron chi connectivity index (χ0n) is 16.2. The Labute approximate surface area is 176 Å². The van der Waals surface area contributed by atoms with Gasteiger partial charge in [-0.3, -0.25) is 9.89 Å². The number of nitrogens with one attached hydrogen (secondary N) is 1. The molecule has 0 radical (unpaired) electrons. The molecule has 2 aromatic heterocycles. The fraction of sp³-hybridized carbons (Fsp3) is 0. The molecule has 6 nitrogen and oxygen atoms in total. The summed E-state index contributed by atoms with van der Waals surface area (Å²) < 4.78 is 13.2. The predicted octanol–water partition coefficient (Wildman–Crippen LogP) is 4.59. The first kappa shape index (κ1) is 18.6. The van der Waals surface area contributed by atoms with Crippen molar-refractivity contribution in [3.63, 3.8) is 0 Å². The lowest BCUT2D eigenvalue weighted by Crippen LogP contribution is -2.10. The predicted molar refractivity (Wildman–Crippen MR) is 116 cm³/mol. The van der Waals surface area contributed by atoms with Gasteiger partial charge in [0.05, 0.1) is 11.4 Å². The molecule has 0 aliphatic carbocycles. The molecule has 0 unspecified atom stereocenters. The van der Waals surface area contributed by atoms with Crippen molar-refractivity contribution in [2.45, 2.75) is 0 Å². The minimum atomic E-state index is -0.478. The minimum absolute atomic E-state index is 0.296. The van der Waals surface area contributed by atoms with Gasteiger partial charge in [0.15, 0.2) is 0 Å². The fourth-order valence-electron chi connectivity index (χ4n) is 3.52. The van der Waals surface area contributed by atoms with Crippen LogP contribution in [0.15, 0.2) is 78.9 Å². The highest BCUT2D eigenvalue weighted by molar-refractivity contribution is 6.01. The second-order valence-corrected chi connectivity index (χ2v) is 7.06. The van der Waals surface area contributed by atoms with Crippen molar-refractivity contribution in [3.05, 3.63) is 90.2 Å². The maximum atomic E-state index is 13.2.